The van der Waals surface area contributed by atoms with Crippen LogP contribution in [-0.2, 0) is 16.1 Å². The standard InChI is InChI=1S/C18H17FN2O2/c1-20(12-13-5-3-2-4-6-13)16-11-17(22)21(18(16)23)15-9-7-14(19)8-10-15/h2-10,16H,11-12H2,1H3/p+1/t16-/m1/s1. The van der Waals surface area contributed by atoms with Crippen molar-refractivity contribution in [1.29, 1.82) is 0 Å². The summed E-state index contributed by atoms with van der Waals surface area (Å²) >= 11 is 0. The van der Waals surface area contributed by atoms with Gasteiger partial charge in [-0.2, -0.15) is 0 Å². The second-order valence-corrected chi connectivity index (χ2v) is 5.81. The molecule has 0 aliphatic carbocycles. The van der Waals surface area contributed by atoms with Gasteiger partial charge in [0.05, 0.1) is 19.2 Å². The Labute approximate surface area is 134 Å². The van der Waals surface area contributed by atoms with Crippen LogP contribution in [0, 0.1) is 5.82 Å². The summed E-state index contributed by atoms with van der Waals surface area (Å²) in [5.41, 5.74) is 1.54. The molecule has 2 amide bonds. The molecule has 1 aliphatic heterocycles. The lowest BCUT2D eigenvalue weighted by Gasteiger charge is -2.20. The third kappa shape index (κ3) is 3.14. The van der Waals surface area contributed by atoms with Gasteiger partial charge < -0.3 is 4.90 Å². The van der Waals surface area contributed by atoms with E-state index in [1.165, 1.54) is 29.2 Å². The number of quaternary nitrogens is 1. The number of halogens is 1. The SMILES string of the molecule is C[NH+](Cc1ccccc1)[C@@H]1CC(=O)N(c2ccc(F)cc2)C1=O. The zero-order chi connectivity index (χ0) is 16.4. The minimum absolute atomic E-state index is 0.175. The Morgan fingerprint density at radius 1 is 1.09 bits per heavy atom. The zero-order valence-corrected chi connectivity index (χ0v) is 12.8. The van der Waals surface area contributed by atoms with Gasteiger partial charge in [-0.05, 0) is 24.3 Å². The number of benzene rings is 2. The fraction of sp³-hybridized carbons (Fsp3) is 0.222. The largest absolute Gasteiger partial charge is 0.323 e. The maximum Gasteiger partial charge on any atom is 0.292 e. The van der Waals surface area contributed by atoms with Crippen LogP contribution in [-0.4, -0.2) is 24.9 Å². The molecule has 0 spiro atoms. The van der Waals surface area contributed by atoms with Gasteiger partial charge in [-0.1, -0.05) is 30.3 Å². The van der Waals surface area contributed by atoms with E-state index in [2.05, 4.69) is 0 Å². The van der Waals surface area contributed by atoms with E-state index < -0.39 is 11.9 Å². The number of carbonyl (C=O) groups is 2. The molecule has 2 aromatic carbocycles. The number of nitrogens with zero attached hydrogens (tertiary/aromatic N) is 1. The van der Waals surface area contributed by atoms with Crippen molar-refractivity contribution < 1.29 is 18.9 Å². The third-order valence-electron chi connectivity index (χ3n) is 4.15. The average Bonchev–Trinajstić information content (AvgIpc) is 2.84. The molecule has 118 valence electrons. The maximum atomic E-state index is 13.0. The first-order valence-corrected chi connectivity index (χ1v) is 7.55. The van der Waals surface area contributed by atoms with Crippen LogP contribution in [0.25, 0.3) is 0 Å². The number of hydrogen-bond donors (Lipinski definition) is 1. The molecule has 1 aliphatic rings. The molecule has 23 heavy (non-hydrogen) atoms. The highest BCUT2D eigenvalue weighted by molar-refractivity contribution is 6.21. The van der Waals surface area contributed by atoms with Crippen LogP contribution in [0.1, 0.15) is 12.0 Å². The normalized spacial score (nSPS) is 19.2. The fourth-order valence-corrected chi connectivity index (χ4v) is 2.92. The van der Waals surface area contributed by atoms with Crippen molar-refractivity contribution in [1.82, 2.24) is 0 Å². The molecule has 4 nitrogen and oxygen atoms in total. The first-order valence-electron chi connectivity index (χ1n) is 7.55. The summed E-state index contributed by atoms with van der Waals surface area (Å²) in [5, 5.41) is 0. The molecule has 0 radical (unpaired) electrons. The van der Waals surface area contributed by atoms with Crippen molar-refractivity contribution in [3.05, 3.63) is 66.0 Å². The molecule has 1 N–H and O–H groups in total. The molecule has 0 aromatic heterocycles. The van der Waals surface area contributed by atoms with Crippen molar-refractivity contribution in [2.24, 2.45) is 0 Å². The topological polar surface area (TPSA) is 41.8 Å². The number of hydrogen-bond acceptors (Lipinski definition) is 2. The molecule has 1 unspecified atom stereocenters. The van der Waals surface area contributed by atoms with Crippen LogP contribution in [0.5, 0.6) is 0 Å². The third-order valence-corrected chi connectivity index (χ3v) is 4.15. The summed E-state index contributed by atoms with van der Waals surface area (Å²) in [5.74, 6) is -0.856. The van der Waals surface area contributed by atoms with E-state index in [-0.39, 0.29) is 18.2 Å². The Hall–Kier alpha value is -2.53. The van der Waals surface area contributed by atoms with Gasteiger partial charge in [-0.25, -0.2) is 9.29 Å². The minimum atomic E-state index is -0.409. The summed E-state index contributed by atoms with van der Waals surface area (Å²) in [7, 11) is 1.91. The van der Waals surface area contributed by atoms with Gasteiger partial charge in [-0.3, -0.25) is 9.59 Å². The fourth-order valence-electron chi connectivity index (χ4n) is 2.92. The Morgan fingerprint density at radius 3 is 2.39 bits per heavy atom. The van der Waals surface area contributed by atoms with Gasteiger partial charge in [0.15, 0.2) is 6.04 Å². The van der Waals surface area contributed by atoms with Crippen molar-refractivity contribution in [2.75, 3.05) is 11.9 Å². The molecule has 1 fully saturated rings. The zero-order valence-electron chi connectivity index (χ0n) is 12.8. The summed E-state index contributed by atoms with van der Waals surface area (Å²) in [4.78, 5) is 27.0. The van der Waals surface area contributed by atoms with Crippen LogP contribution in [0.3, 0.4) is 0 Å². The lowest BCUT2D eigenvalue weighted by molar-refractivity contribution is -0.908. The monoisotopic (exact) mass is 313 g/mol. The van der Waals surface area contributed by atoms with Crippen molar-refractivity contribution in [2.45, 2.75) is 19.0 Å². The Bertz CT molecular complexity index is 716. The van der Waals surface area contributed by atoms with Gasteiger partial charge >= 0.3 is 0 Å². The molecular formula is C18H18FN2O2+. The predicted octanol–water partition coefficient (Wildman–Crippen LogP) is 1.17. The van der Waals surface area contributed by atoms with Crippen LogP contribution in [0.15, 0.2) is 54.6 Å². The Balaban J connectivity index is 1.76. The van der Waals surface area contributed by atoms with Crippen LogP contribution in [0.4, 0.5) is 10.1 Å². The summed E-state index contributed by atoms with van der Waals surface area (Å²) < 4.78 is 13.0. The summed E-state index contributed by atoms with van der Waals surface area (Å²) in [6.45, 7) is 0.668. The van der Waals surface area contributed by atoms with Gasteiger partial charge in [0.25, 0.3) is 5.91 Å². The average molecular weight is 313 g/mol. The Morgan fingerprint density at radius 2 is 1.74 bits per heavy atom. The first kappa shape index (κ1) is 15.4. The number of nitrogens with one attached hydrogen (secondary N) is 1. The molecule has 0 bridgehead atoms. The van der Waals surface area contributed by atoms with Gasteiger partial charge in [-0.15, -0.1) is 0 Å². The molecule has 2 aromatic rings. The number of anilines is 1. The number of imide groups is 1. The van der Waals surface area contributed by atoms with E-state index in [4.69, 9.17) is 0 Å². The van der Waals surface area contributed by atoms with Gasteiger partial charge in [0, 0.05) is 5.56 Å². The molecule has 0 saturated carbocycles. The summed E-state index contributed by atoms with van der Waals surface area (Å²) in [6.07, 6.45) is 0.175. The van der Waals surface area contributed by atoms with Crippen molar-refractivity contribution in [3.8, 4) is 0 Å². The minimum Gasteiger partial charge on any atom is -0.323 e. The van der Waals surface area contributed by atoms with Crippen LogP contribution < -0.4 is 9.80 Å². The number of carbonyl (C=O) groups excluding carboxylic acids is 2. The van der Waals surface area contributed by atoms with E-state index >= 15 is 0 Å². The van der Waals surface area contributed by atoms with E-state index in [1.54, 1.807) is 0 Å². The number of likely N-dealkylation sites (N-methyl/N-ethyl adjacent to an activating group) is 1. The number of amides is 2. The smallest absolute Gasteiger partial charge is 0.292 e. The molecular weight excluding hydrogens is 295 g/mol. The molecule has 1 saturated heterocycles. The molecule has 1 heterocycles. The van der Waals surface area contributed by atoms with Crippen LogP contribution in [0.2, 0.25) is 0 Å². The second kappa shape index (κ2) is 6.30. The highest BCUT2D eigenvalue weighted by atomic mass is 19.1. The highest BCUT2D eigenvalue weighted by Crippen LogP contribution is 2.22. The van der Waals surface area contributed by atoms with E-state index in [1.807, 2.05) is 37.4 Å². The first-order chi connectivity index (χ1) is 11.1. The lowest BCUT2D eigenvalue weighted by atomic mass is 10.1. The molecule has 2 atom stereocenters. The van der Waals surface area contributed by atoms with E-state index in [0.29, 0.717) is 12.2 Å². The summed E-state index contributed by atoms with van der Waals surface area (Å²) in [6, 6.07) is 14.9. The second-order valence-electron chi connectivity index (χ2n) is 5.81. The number of rotatable bonds is 4. The van der Waals surface area contributed by atoms with Gasteiger partial charge in [0.1, 0.15) is 12.4 Å². The maximum absolute atomic E-state index is 13.0. The predicted molar refractivity (Wildman–Crippen MR) is 84.3 cm³/mol. The van der Waals surface area contributed by atoms with E-state index in [9.17, 15) is 14.0 Å². The van der Waals surface area contributed by atoms with Crippen LogP contribution >= 0.6 is 0 Å². The molecule has 5 heteroatoms. The quantitative estimate of drug-likeness (QED) is 0.861. The molecule has 3 rings (SSSR count). The van der Waals surface area contributed by atoms with Crippen molar-refractivity contribution >= 4 is 17.5 Å². The Kier molecular flexibility index (Phi) is 4.21. The van der Waals surface area contributed by atoms with Gasteiger partial charge in [0.2, 0.25) is 5.91 Å². The van der Waals surface area contributed by atoms with Crippen molar-refractivity contribution in [3.63, 3.8) is 0 Å². The van der Waals surface area contributed by atoms with E-state index in [0.717, 1.165) is 10.5 Å². The lowest BCUT2D eigenvalue weighted by Crippen LogP contribution is -3.12. The highest BCUT2D eigenvalue weighted by Gasteiger charge is 2.44.